The van der Waals surface area contributed by atoms with Crippen LogP contribution in [-0.2, 0) is 0 Å². The average molecular weight is 485 g/mol. The lowest BCUT2D eigenvalue weighted by atomic mass is 10.0. The topological polar surface area (TPSA) is 111 Å². The number of rotatable bonds is 8. The maximum atomic E-state index is 14.0. The molecule has 0 radical (unpaired) electrons. The van der Waals surface area contributed by atoms with E-state index in [-0.39, 0.29) is 29.9 Å². The third-order valence-electron chi connectivity index (χ3n) is 5.74. The van der Waals surface area contributed by atoms with Crippen LogP contribution in [0.25, 0.3) is 0 Å². The third kappa shape index (κ3) is 5.42. The average Bonchev–Trinajstić information content (AvgIpc) is 3.13. The first-order valence-electron chi connectivity index (χ1n) is 11.8. The van der Waals surface area contributed by atoms with Crippen LogP contribution in [0.1, 0.15) is 58.9 Å². The van der Waals surface area contributed by atoms with Gasteiger partial charge < -0.3 is 10.6 Å². The Labute approximate surface area is 208 Å². The number of imide groups is 1. The largest absolute Gasteiger partial charge is 0.369 e. The molecular weight excluding hydrogens is 459 g/mol. The van der Waals surface area contributed by atoms with Crippen LogP contribution in [0.15, 0.2) is 54.0 Å². The summed E-state index contributed by atoms with van der Waals surface area (Å²) in [6.45, 7) is 3.03. The fourth-order valence-corrected chi connectivity index (χ4v) is 3.88. The Morgan fingerprint density at radius 1 is 1.22 bits per heavy atom. The molecule has 36 heavy (non-hydrogen) atoms. The van der Waals surface area contributed by atoms with Gasteiger partial charge >= 0.3 is 0 Å². The number of carbonyl (C=O) groups excluding carboxylic acids is 2. The van der Waals surface area contributed by atoms with Crippen LogP contribution in [0.3, 0.4) is 0 Å². The van der Waals surface area contributed by atoms with E-state index in [1.54, 1.807) is 36.5 Å². The van der Waals surface area contributed by atoms with Crippen LogP contribution in [0.5, 0.6) is 0 Å². The fraction of sp³-hybridized carbons (Fsp3) is 0.296. The zero-order chi connectivity index (χ0) is 25.5. The van der Waals surface area contributed by atoms with Crippen molar-refractivity contribution in [3.63, 3.8) is 0 Å². The molecule has 0 bridgehead atoms. The number of amides is 2. The van der Waals surface area contributed by atoms with Gasteiger partial charge in [0, 0.05) is 25.9 Å². The maximum absolute atomic E-state index is 14.0. The quantitative estimate of drug-likeness (QED) is 0.328. The Kier molecular flexibility index (Phi) is 7.72. The molecule has 1 aromatic carbocycles. The number of aromatic nitrogens is 2. The number of hydrogen-bond donors (Lipinski definition) is 2. The molecule has 1 aliphatic carbocycles. The molecule has 0 saturated heterocycles. The number of nitrogens with one attached hydrogen (secondary N) is 2. The summed E-state index contributed by atoms with van der Waals surface area (Å²) in [6, 6.07) is 8.30. The lowest BCUT2D eigenvalue weighted by molar-refractivity contribution is 0.0653. The van der Waals surface area contributed by atoms with Gasteiger partial charge in [-0.3, -0.25) is 14.5 Å². The molecule has 9 heteroatoms. The van der Waals surface area contributed by atoms with Crippen molar-refractivity contribution in [2.24, 2.45) is 0 Å². The number of nitrogens with zero attached hydrogens (tertiary/aromatic N) is 4. The highest BCUT2D eigenvalue weighted by Gasteiger charge is 2.34. The van der Waals surface area contributed by atoms with Gasteiger partial charge in [0.15, 0.2) is 0 Å². The highest BCUT2D eigenvalue weighted by atomic mass is 19.1. The standard InChI is InChI=1S/C27H25FN6O2/c1-2-13-30-24-19(17-31-27(33-24)32-20-12-11-18(16-29)23(28)15-20)8-4-3-7-14-34-25(35)21-9-5-6-10-22(21)26(34)36/h5-6,9-12,17,20H,2-3,7,13-15H2,1H3,(H2,30,31,32,33). The van der Waals surface area contributed by atoms with Gasteiger partial charge in [0.25, 0.3) is 11.8 Å². The minimum absolute atomic E-state index is 0.0351. The van der Waals surface area contributed by atoms with Crippen molar-refractivity contribution in [2.45, 2.75) is 38.6 Å². The third-order valence-corrected chi connectivity index (χ3v) is 5.74. The first kappa shape index (κ1) is 24.6. The number of fused-ring (bicyclic) bond motifs is 1. The van der Waals surface area contributed by atoms with Crippen molar-refractivity contribution in [1.82, 2.24) is 14.9 Å². The first-order valence-corrected chi connectivity index (χ1v) is 11.8. The Bertz CT molecular complexity index is 1310. The van der Waals surface area contributed by atoms with Gasteiger partial charge in [0.1, 0.15) is 17.7 Å². The van der Waals surface area contributed by atoms with E-state index in [2.05, 4.69) is 32.4 Å². The van der Waals surface area contributed by atoms with E-state index in [1.165, 1.54) is 11.0 Å². The van der Waals surface area contributed by atoms with E-state index < -0.39 is 5.83 Å². The van der Waals surface area contributed by atoms with Gasteiger partial charge in [-0.1, -0.05) is 37.0 Å². The number of anilines is 2. The number of allylic oxidation sites excluding steroid dienone is 2. The van der Waals surface area contributed by atoms with Crippen LogP contribution in [0.2, 0.25) is 0 Å². The molecule has 2 heterocycles. The molecule has 2 amide bonds. The second kappa shape index (κ2) is 11.3. The van der Waals surface area contributed by atoms with Crippen LogP contribution in [0, 0.1) is 23.2 Å². The molecular formula is C27H25FN6O2. The molecule has 0 saturated carbocycles. The highest BCUT2D eigenvalue weighted by Crippen LogP contribution is 2.24. The summed E-state index contributed by atoms with van der Waals surface area (Å²) < 4.78 is 14.0. The molecule has 2 N–H and O–H groups in total. The Morgan fingerprint density at radius 3 is 2.64 bits per heavy atom. The first-order chi connectivity index (χ1) is 17.5. The van der Waals surface area contributed by atoms with E-state index in [0.717, 1.165) is 6.42 Å². The molecule has 8 nitrogen and oxygen atoms in total. The molecule has 1 aliphatic heterocycles. The van der Waals surface area contributed by atoms with Crippen LogP contribution in [-0.4, -0.2) is 45.8 Å². The number of unbranched alkanes of at least 4 members (excludes halogenated alkanes) is 1. The maximum Gasteiger partial charge on any atom is 0.261 e. The normalized spacial score (nSPS) is 16.4. The molecule has 2 aromatic rings. The van der Waals surface area contributed by atoms with Crippen molar-refractivity contribution >= 4 is 23.6 Å². The van der Waals surface area contributed by atoms with Crippen molar-refractivity contribution in [2.75, 3.05) is 23.7 Å². The van der Waals surface area contributed by atoms with Gasteiger partial charge in [-0.05, 0) is 31.1 Å². The Hall–Kier alpha value is -4.50. The number of benzene rings is 1. The van der Waals surface area contributed by atoms with Crippen molar-refractivity contribution in [3.05, 3.63) is 70.7 Å². The molecule has 4 rings (SSSR count). The molecule has 1 aromatic heterocycles. The van der Waals surface area contributed by atoms with E-state index >= 15 is 0 Å². The van der Waals surface area contributed by atoms with Gasteiger partial charge in [0.05, 0.1) is 34.5 Å². The zero-order valence-corrected chi connectivity index (χ0v) is 19.8. The SMILES string of the molecule is CCCNc1nc(NC2C=CC(C#N)=C(F)C2)ncc1C#CCCCN1C(=O)c2ccccc2C1=O. The summed E-state index contributed by atoms with van der Waals surface area (Å²) in [5.41, 5.74) is 1.54. The smallest absolute Gasteiger partial charge is 0.261 e. The summed E-state index contributed by atoms with van der Waals surface area (Å²) in [6.07, 6.45) is 6.74. The van der Waals surface area contributed by atoms with Gasteiger partial charge in [-0.2, -0.15) is 10.2 Å². The predicted molar refractivity (Wildman–Crippen MR) is 134 cm³/mol. The summed E-state index contributed by atoms with van der Waals surface area (Å²) >= 11 is 0. The number of hydrogen-bond acceptors (Lipinski definition) is 7. The summed E-state index contributed by atoms with van der Waals surface area (Å²) in [4.78, 5) is 35.0. The molecule has 1 unspecified atom stereocenters. The van der Waals surface area contributed by atoms with Crippen LogP contribution in [0.4, 0.5) is 16.2 Å². The molecule has 0 fully saturated rings. The summed E-state index contributed by atoms with van der Waals surface area (Å²) in [5, 5.41) is 15.2. The van der Waals surface area contributed by atoms with E-state index in [4.69, 9.17) is 5.26 Å². The van der Waals surface area contributed by atoms with Gasteiger partial charge in [0.2, 0.25) is 5.95 Å². The highest BCUT2D eigenvalue weighted by molar-refractivity contribution is 6.21. The summed E-state index contributed by atoms with van der Waals surface area (Å²) in [7, 11) is 0. The fourth-order valence-electron chi connectivity index (χ4n) is 3.88. The second-order valence-electron chi connectivity index (χ2n) is 8.34. The lowest BCUT2D eigenvalue weighted by Crippen LogP contribution is -2.30. The van der Waals surface area contributed by atoms with Crippen molar-refractivity contribution < 1.29 is 14.0 Å². The minimum atomic E-state index is -0.467. The number of halogens is 1. The Balaban J connectivity index is 1.37. The number of carbonyl (C=O) groups is 2. The van der Waals surface area contributed by atoms with Gasteiger partial charge in [-0.25, -0.2) is 9.37 Å². The zero-order valence-electron chi connectivity index (χ0n) is 19.8. The minimum Gasteiger partial charge on any atom is -0.369 e. The predicted octanol–water partition coefficient (Wildman–Crippen LogP) is 4.21. The Morgan fingerprint density at radius 2 is 1.97 bits per heavy atom. The van der Waals surface area contributed by atoms with E-state index in [1.807, 2.05) is 13.0 Å². The van der Waals surface area contributed by atoms with E-state index in [0.29, 0.717) is 54.4 Å². The van der Waals surface area contributed by atoms with Gasteiger partial charge in [-0.15, -0.1) is 0 Å². The van der Waals surface area contributed by atoms with Crippen LogP contribution < -0.4 is 10.6 Å². The monoisotopic (exact) mass is 484 g/mol. The van der Waals surface area contributed by atoms with Crippen LogP contribution >= 0.6 is 0 Å². The number of nitriles is 1. The second-order valence-corrected chi connectivity index (χ2v) is 8.34. The molecule has 1 atom stereocenters. The lowest BCUT2D eigenvalue weighted by Gasteiger charge is -2.18. The molecule has 0 spiro atoms. The summed E-state index contributed by atoms with van der Waals surface area (Å²) in [5.74, 6) is 6.04. The van der Waals surface area contributed by atoms with Crippen molar-refractivity contribution in [1.29, 1.82) is 5.26 Å². The molecule has 2 aliphatic rings. The molecule has 182 valence electrons. The van der Waals surface area contributed by atoms with E-state index in [9.17, 15) is 14.0 Å². The van der Waals surface area contributed by atoms with Crippen molar-refractivity contribution in [3.8, 4) is 17.9 Å².